The Kier molecular flexibility index (Phi) is 3.37. The zero-order chi connectivity index (χ0) is 11.4. The van der Waals surface area contributed by atoms with E-state index in [1.165, 1.54) is 16.8 Å². The number of nitrogens with one attached hydrogen (secondary N) is 1. The first-order chi connectivity index (χ1) is 7.81. The standard InChI is InChI=1S/C13H17N3/c1-11-7-8-15-16(11)10-13-6-4-3-5-12(13)9-14-2/h3-8,14H,9-10H2,1-2H3. The van der Waals surface area contributed by atoms with Gasteiger partial charge >= 0.3 is 0 Å². The van der Waals surface area contributed by atoms with E-state index in [0.29, 0.717) is 0 Å². The zero-order valence-electron chi connectivity index (χ0n) is 9.77. The predicted molar refractivity (Wildman–Crippen MR) is 65.3 cm³/mol. The van der Waals surface area contributed by atoms with Crippen molar-refractivity contribution in [2.24, 2.45) is 0 Å². The van der Waals surface area contributed by atoms with Gasteiger partial charge in [-0.3, -0.25) is 4.68 Å². The lowest BCUT2D eigenvalue weighted by atomic mass is 10.1. The quantitative estimate of drug-likeness (QED) is 0.845. The third kappa shape index (κ3) is 2.31. The average Bonchev–Trinajstić information content (AvgIpc) is 2.68. The lowest BCUT2D eigenvalue weighted by Crippen LogP contribution is -2.11. The number of benzene rings is 1. The first-order valence-corrected chi connectivity index (χ1v) is 5.51. The molecule has 0 aliphatic heterocycles. The Morgan fingerprint density at radius 3 is 2.56 bits per heavy atom. The molecular weight excluding hydrogens is 198 g/mol. The third-order valence-corrected chi connectivity index (χ3v) is 2.73. The van der Waals surface area contributed by atoms with Gasteiger partial charge in [0.15, 0.2) is 0 Å². The van der Waals surface area contributed by atoms with Gasteiger partial charge in [0, 0.05) is 18.4 Å². The van der Waals surface area contributed by atoms with Gasteiger partial charge < -0.3 is 5.32 Å². The predicted octanol–water partition coefficient (Wildman–Crippen LogP) is 1.96. The first-order valence-electron chi connectivity index (χ1n) is 5.51. The smallest absolute Gasteiger partial charge is 0.0665 e. The van der Waals surface area contributed by atoms with Crippen LogP contribution in [0.1, 0.15) is 16.8 Å². The van der Waals surface area contributed by atoms with Crippen molar-refractivity contribution in [1.82, 2.24) is 15.1 Å². The number of rotatable bonds is 4. The molecule has 0 bridgehead atoms. The van der Waals surface area contributed by atoms with Crippen molar-refractivity contribution in [3.8, 4) is 0 Å². The largest absolute Gasteiger partial charge is 0.316 e. The summed E-state index contributed by atoms with van der Waals surface area (Å²) in [5.41, 5.74) is 3.85. The lowest BCUT2D eigenvalue weighted by Gasteiger charge is -2.10. The maximum atomic E-state index is 4.31. The summed E-state index contributed by atoms with van der Waals surface area (Å²) < 4.78 is 2.02. The van der Waals surface area contributed by atoms with Gasteiger partial charge in [-0.05, 0) is 31.2 Å². The van der Waals surface area contributed by atoms with E-state index in [-0.39, 0.29) is 0 Å². The van der Waals surface area contributed by atoms with E-state index >= 15 is 0 Å². The van der Waals surface area contributed by atoms with Crippen LogP contribution in [0.25, 0.3) is 0 Å². The lowest BCUT2D eigenvalue weighted by molar-refractivity contribution is 0.656. The number of hydrogen-bond donors (Lipinski definition) is 1. The van der Waals surface area contributed by atoms with E-state index in [1.807, 2.05) is 24.0 Å². The molecule has 0 atom stereocenters. The molecule has 1 aromatic carbocycles. The molecule has 0 aliphatic rings. The molecule has 1 aromatic heterocycles. The fraction of sp³-hybridized carbons (Fsp3) is 0.308. The van der Waals surface area contributed by atoms with Gasteiger partial charge in [0.05, 0.1) is 6.54 Å². The first kappa shape index (κ1) is 10.9. The molecule has 3 heteroatoms. The van der Waals surface area contributed by atoms with Crippen molar-refractivity contribution in [2.75, 3.05) is 7.05 Å². The van der Waals surface area contributed by atoms with Crippen molar-refractivity contribution in [2.45, 2.75) is 20.0 Å². The molecule has 16 heavy (non-hydrogen) atoms. The molecule has 1 N–H and O–H groups in total. The van der Waals surface area contributed by atoms with Crippen LogP contribution in [0.2, 0.25) is 0 Å². The topological polar surface area (TPSA) is 29.9 Å². The van der Waals surface area contributed by atoms with E-state index in [0.717, 1.165) is 13.1 Å². The molecule has 2 aromatic rings. The summed E-state index contributed by atoms with van der Waals surface area (Å²) in [4.78, 5) is 0. The Balaban J connectivity index is 2.24. The van der Waals surface area contributed by atoms with Crippen LogP contribution in [0, 0.1) is 6.92 Å². The molecule has 3 nitrogen and oxygen atoms in total. The van der Waals surface area contributed by atoms with Gasteiger partial charge in [-0.2, -0.15) is 5.10 Å². The molecule has 0 saturated carbocycles. The van der Waals surface area contributed by atoms with Gasteiger partial charge in [-0.15, -0.1) is 0 Å². The monoisotopic (exact) mass is 215 g/mol. The van der Waals surface area contributed by atoms with Gasteiger partial charge in [0.1, 0.15) is 0 Å². The highest BCUT2D eigenvalue weighted by Crippen LogP contribution is 2.11. The molecule has 0 fully saturated rings. The SMILES string of the molecule is CNCc1ccccc1Cn1nccc1C. The van der Waals surface area contributed by atoms with Crippen molar-refractivity contribution >= 4 is 0 Å². The average molecular weight is 215 g/mol. The number of hydrogen-bond acceptors (Lipinski definition) is 2. The summed E-state index contributed by atoms with van der Waals surface area (Å²) in [5, 5.41) is 7.50. The van der Waals surface area contributed by atoms with Crippen LogP contribution in [0.15, 0.2) is 36.5 Å². The van der Waals surface area contributed by atoms with Crippen LogP contribution in [0.3, 0.4) is 0 Å². The highest BCUT2D eigenvalue weighted by atomic mass is 15.3. The molecular formula is C13H17N3. The van der Waals surface area contributed by atoms with E-state index < -0.39 is 0 Å². The Labute approximate surface area is 96.1 Å². The van der Waals surface area contributed by atoms with E-state index in [1.54, 1.807) is 0 Å². The summed E-state index contributed by atoms with van der Waals surface area (Å²) in [6.45, 7) is 3.82. The molecule has 2 rings (SSSR count). The summed E-state index contributed by atoms with van der Waals surface area (Å²) in [6.07, 6.45) is 1.84. The van der Waals surface area contributed by atoms with Crippen LogP contribution >= 0.6 is 0 Å². The van der Waals surface area contributed by atoms with Crippen molar-refractivity contribution in [1.29, 1.82) is 0 Å². The number of aryl methyl sites for hydroxylation is 1. The molecule has 0 aliphatic carbocycles. The summed E-state index contributed by atoms with van der Waals surface area (Å²) in [5.74, 6) is 0. The second kappa shape index (κ2) is 4.94. The summed E-state index contributed by atoms with van der Waals surface area (Å²) in [6, 6.07) is 10.5. The minimum absolute atomic E-state index is 0.844. The maximum Gasteiger partial charge on any atom is 0.0665 e. The minimum atomic E-state index is 0.844. The maximum absolute atomic E-state index is 4.31. The summed E-state index contributed by atoms with van der Waals surface area (Å²) in [7, 11) is 1.97. The fourth-order valence-corrected chi connectivity index (χ4v) is 1.80. The third-order valence-electron chi connectivity index (χ3n) is 2.73. The minimum Gasteiger partial charge on any atom is -0.316 e. The van der Waals surface area contributed by atoms with Crippen LogP contribution in [0.5, 0.6) is 0 Å². The van der Waals surface area contributed by atoms with Gasteiger partial charge in [0.25, 0.3) is 0 Å². The summed E-state index contributed by atoms with van der Waals surface area (Å²) >= 11 is 0. The Bertz CT molecular complexity index is 460. The van der Waals surface area contributed by atoms with Crippen LogP contribution in [-0.4, -0.2) is 16.8 Å². The molecule has 0 saturated heterocycles. The van der Waals surface area contributed by atoms with Crippen LogP contribution in [0.4, 0.5) is 0 Å². The second-order valence-electron chi connectivity index (χ2n) is 3.93. The zero-order valence-corrected chi connectivity index (χ0v) is 9.77. The molecule has 0 amide bonds. The highest BCUT2D eigenvalue weighted by molar-refractivity contribution is 5.27. The molecule has 84 valence electrons. The van der Waals surface area contributed by atoms with Crippen molar-refractivity contribution in [3.05, 3.63) is 53.3 Å². The second-order valence-corrected chi connectivity index (χ2v) is 3.93. The van der Waals surface area contributed by atoms with E-state index in [4.69, 9.17) is 0 Å². The van der Waals surface area contributed by atoms with Gasteiger partial charge in [-0.25, -0.2) is 0 Å². The number of aromatic nitrogens is 2. The molecule has 1 heterocycles. The Hall–Kier alpha value is -1.61. The van der Waals surface area contributed by atoms with E-state index in [9.17, 15) is 0 Å². The van der Waals surface area contributed by atoms with E-state index in [2.05, 4.69) is 41.6 Å². The Morgan fingerprint density at radius 2 is 1.94 bits per heavy atom. The van der Waals surface area contributed by atoms with Gasteiger partial charge in [0.2, 0.25) is 0 Å². The van der Waals surface area contributed by atoms with Crippen LogP contribution in [-0.2, 0) is 13.1 Å². The van der Waals surface area contributed by atoms with Gasteiger partial charge in [-0.1, -0.05) is 24.3 Å². The molecule has 0 unspecified atom stereocenters. The van der Waals surface area contributed by atoms with Crippen molar-refractivity contribution in [3.63, 3.8) is 0 Å². The number of nitrogens with zero attached hydrogens (tertiary/aromatic N) is 2. The highest BCUT2D eigenvalue weighted by Gasteiger charge is 2.03. The fourth-order valence-electron chi connectivity index (χ4n) is 1.80. The molecule has 0 spiro atoms. The molecule has 0 radical (unpaired) electrons. The van der Waals surface area contributed by atoms with Crippen LogP contribution < -0.4 is 5.32 Å². The normalized spacial score (nSPS) is 10.6. The Morgan fingerprint density at radius 1 is 1.19 bits per heavy atom. The van der Waals surface area contributed by atoms with Crippen molar-refractivity contribution < 1.29 is 0 Å².